The highest BCUT2D eigenvalue weighted by molar-refractivity contribution is 8.18. The third-order valence-corrected chi connectivity index (χ3v) is 5.76. The Morgan fingerprint density at radius 1 is 1.12 bits per heavy atom. The van der Waals surface area contributed by atoms with Crippen molar-refractivity contribution in [2.24, 2.45) is 0 Å². The van der Waals surface area contributed by atoms with Gasteiger partial charge in [0.25, 0.3) is 17.1 Å². The normalized spacial score (nSPS) is 14.9. The molecule has 0 saturated carbocycles. The van der Waals surface area contributed by atoms with Crippen molar-refractivity contribution in [1.82, 2.24) is 9.80 Å². The quantitative estimate of drug-likeness (QED) is 0.498. The minimum Gasteiger partial charge on any atom is -0.467 e. The fourth-order valence-electron chi connectivity index (χ4n) is 3.30. The Balaban J connectivity index is 1.49. The van der Waals surface area contributed by atoms with Gasteiger partial charge in [-0.3, -0.25) is 19.3 Å². The van der Waals surface area contributed by atoms with Crippen LogP contribution in [-0.2, 0) is 17.9 Å². The molecule has 0 atom stereocenters. The van der Waals surface area contributed by atoms with Crippen LogP contribution in [-0.4, -0.2) is 33.9 Å². The molecular formula is C24H19FN2O4S. The van der Waals surface area contributed by atoms with Gasteiger partial charge in [0.05, 0.1) is 24.3 Å². The smallest absolute Gasteiger partial charge is 0.293 e. The van der Waals surface area contributed by atoms with Gasteiger partial charge in [-0.15, -0.1) is 0 Å². The molecule has 2 aromatic carbocycles. The van der Waals surface area contributed by atoms with Crippen LogP contribution in [0, 0.1) is 5.82 Å². The van der Waals surface area contributed by atoms with Gasteiger partial charge in [0, 0.05) is 12.6 Å². The first-order valence-corrected chi connectivity index (χ1v) is 10.6. The SMILES string of the molecule is CN(Cc1ccco1)C(=O)c1cccc(/C=C2\SC(=O)N(Cc3cccc(F)c3)C2=O)c1. The van der Waals surface area contributed by atoms with E-state index in [4.69, 9.17) is 4.42 Å². The van der Waals surface area contributed by atoms with Gasteiger partial charge in [-0.2, -0.15) is 0 Å². The second kappa shape index (κ2) is 9.23. The standard InChI is InChI=1S/C24H19FN2O4S/c1-26(15-20-9-4-10-31-20)22(28)18-7-2-5-16(11-18)13-21-23(29)27(24(30)32-21)14-17-6-3-8-19(25)12-17/h2-13H,14-15H2,1H3/b21-13-. The fraction of sp³-hybridized carbons (Fsp3) is 0.125. The molecule has 0 radical (unpaired) electrons. The Bertz CT molecular complexity index is 1210. The first kappa shape index (κ1) is 21.6. The van der Waals surface area contributed by atoms with E-state index < -0.39 is 17.0 Å². The number of halogens is 1. The molecule has 1 aliphatic rings. The van der Waals surface area contributed by atoms with Crippen LogP contribution in [0.5, 0.6) is 0 Å². The van der Waals surface area contributed by atoms with E-state index in [-0.39, 0.29) is 17.4 Å². The fourth-order valence-corrected chi connectivity index (χ4v) is 4.13. The number of nitrogens with zero attached hydrogens (tertiary/aromatic N) is 2. The van der Waals surface area contributed by atoms with Crippen LogP contribution < -0.4 is 0 Å². The summed E-state index contributed by atoms with van der Waals surface area (Å²) in [4.78, 5) is 40.7. The molecule has 1 aliphatic heterocycles. The van der Waals surface area contributed by atoms with Crippen LogP contribution in [0.3, 0.4) is 0 Å². The average Bonchev–Trinajstić information content (AvgIpc) is 3.37. The maximum absolute atomic E-state index is 13.4. The summed E-state index contributed by atoms with van der Waals surface area (Å²) in [5.41, 5.74) is 1.60. The van der Waals surface area contributed by atoms with Crippen molar-refractivity contribution in [3.05, 3.63) is 100 Å². The predicted octanol–water partition coefficient (Wildman–Crippen LogP) is 4.93. The molecule has 0 spiro atoms. The van der Waals surface area contributed by atoms with Gasteiger partial charge in [0.2, 0.25) is 0 Å². The number of imide groups is 1. The third kappa shape index (κ3) is 4.81. The molecule has 0 bridgehead atoms. The van der Waals surface area contributed by atoms with E-state index in [0.717, 1.165) is 16.7 Å². The Hall–Kier alpha value is -3.65. The lowest BCUT2D eigenvalue weighted by Gasteiger charge is -2.16. The number of benzene rings is 2. The Morgan fingerprint density at radius 2 is 1.94 bits per heavy atom. The Kier molecular flexibility index (Phi) is 6.23. The Morgan fingerprint density at radius 3 is 2.69 bits per heavy atom. The lowest BCUT2D eigenvalue weighted by Crippen LogP contribution is -2.27. The maximum Gasteiger partial charge on any atom is 0.293 e. The molecule has 4 rings (SSSR count). The molecule has 3 aromatic rings. The van der Waals surface area contributed by atoms with Crippen LogP contribution in [0.2, 0.25) is 0 Å². The van der Waals surface area contributed by atoms with E-state index in [0.29, 0.717) is 29.0 Å². The largest absolute Gasteiger partial charge is 0.467 e. The molecule has 32 heavy (non-hydrogen) atoms. The monoisotopic (exact) mass is 450 g/mol. The highest BCUT2D eigenvalue weighted by Gasteiger charge is 2.35. The second-order valence-electron chi connectivity index (χ2n) is 7.26. The third-order valence-electron chi connectivity index (χ3n) is 4.85. The summed E-state index contributed by atoms with van der Waals surface area (Å²) >= 11 is 0.820. The summed E-state index contributed by atoms with van der Waals surface area (Å²) in [5, 5.41) is -0.420. The number of thioether (sulfide) groups is 1. The van der Waals surface area contributed by atoms with Crippen LogP contribution in [0.25, 0.3) is 6.08 Å². The number of carbonyl (C=O) groups excluding carboxylic acids is 3. The van der Waals surface area contributed by atoms with Crippen molar-refractivity contribution < 1.29 is 23.2 Å². The van der Waals surface area contributed by atoms with E-state index in [1.54, 1.807) is 61.9 Å². The molecule has 2 heterocycles. The number of amides is 3. The molecule has 6 nitrogen and oxygen atoms in total. The van der Waals surface area contributed by atoms with Crippen molar-refractivity contribution in [2.75, 3.05) is 7.05 Å². The zero-order valence-corrected chi connectivity index (χ0v) is 18.0. The summed E-state index contributed by atoms with van der Waals surface area (Å²) in [6, 6.07) is 16.2. The summed E-state index contributed by atoms with van der Waals surface area (Å²) in [6.45, 7) is 0.324. The molecule has 8 heteroatoms. The molecule has 3 amide bonds. The highest BCUT2D eigenvalue weighted by atomic mass is 32.2. The summed E-state index contributed by atoms with van der Waals surface area (Å²) < 4.78 is 18.7. The molecular weight excluding hydrogens is 431 g/mol. The molecule has 162 valence electrons. The molecule has 0 unspecified atom stereocenters. The highest BCUT2D eigenvalue weighted by Crippen LogP contribution is 2.33. The minimum absolute atomic E-state index is 0.00410. The van der Waals surface area contributed by atoms with E-state index in [1.165, 1.54) is 23.1 Å². The van der Waals surface area contributed by atoms with Gasteiger partial charge in [0.1, 0.15) is 11.6 Å². The maximum atomic E-state index is 13.4. The lowest BCUT2D eigenvalue weighted by atomic mass is 10.1. The first-order chi connectivity index (χ1) is 15.4. The van der Waals surface area contributed by atoms with E-state index in [1.807, 2.05) is 0 Å². The summed E-state index contributed by atoms with van der Waals surface area (Å²) in [7, 11) is 1.68. The average molecular weight is 450 g/mol. The summed E-state index contributed by atoms with van der Waals surface area (Å²) in [6.07, 6.45) is 3.13. The minimum atomic E-state index is -0.448. The van der Waals surface area contributed by atoms with Crippen LogP contribution >= 0.6 is 11.8 Å². The number of furan rings is 1. The molecule has 1 aromatic heterocycles. The number of hydrogen-bond donors (Lipinski definition) is 0. The van der Waals surface area contributed by atoms with Crippen molar-refractivity contribution in [2.45, 2.75) is 13.1 Å². The lowest BCUT2D eigenvalue weighted by molar-refractivity contribution is -0.123. The summed E-state index contributed by atoms with van der Waals surface area (Å²) in [5.74, 6) is -0.403. The zero-order valence-electron chi connectivity index (χ0n) is 17.2. The van der Waals surface area contributed by atoms with Crippen molar-refractivity contribution in [3.8, 4) is 0 Å². The topological polar surface area (TPSA) is 70.8 Å². The van der Waals surface area contributed by atoms with Crippen molar-refractivity contribution >= 4 is 34.9 Å². The van der Waals surface area contributed by atoms with Gasteiger partial charge < -0.3 is 9.32 Å². The van der Waals surface area contributed by atoms with Gasteiger partial charge in [-0.25, -0.2) is 4.39 Å². The van der Waals surface area contributed by atoms with E-state index in [9.17, 15) is 18.8 Å². The van der Waals surface area contributed by atoms with E-state index in [2.05, 4.69) is 0 Å². The number of rotatable bonds is 6. The van der Waals surface area contributed by atoms with Crippen LogP contribution in [0.4, 0.5) is 9.18 Å². The molecule has 0 N–H and O–H groups in total. The number of carbonyl (C=O) groups is 3. The van der Waals surface area contributed by atoms with Crippen molar-refractivity contribution in [3.63, 3.8) is 0 Å². The zero-order chi connectivity index (χ0) is 22.7. The number of hydrogen-bond acceptors (Lipinski definition) is 5. The van der Waals surface area contributed by atoms with Gasteiger partial charge in [0.15, 0.2) is 0 Å². The predicted molar refractivity (Wildman–Crippen MR) is 119 cm³/mol. The van der Waals surface area contributed by atoms with Gasteiger partial charge in [-0.1, -0.05) is 24.3 Å². The van der Waals surface area contributed by atoms with Crippen LogP contribution in [0.1, 0.15) is 27.2 Å². The second-order valence-corrected chi connectivity index (χ2v) is 8.26. The van der Waals surface area contributed by atoms with Gasteiger partial charge >= 0.3 is 0 Å². The Labute approximate surface area is 188 Å². The van der Waals surface area contributed by atoms with E-state index >= 15 is 0 Å². The molecule has 0 aliphatic carbocycles. The van der Waals surface area contributed by atoms with Crippen molar-refractivity contribution in [1.29, 1.82) is 0 Å². The van der Waals surface area contributed by atoms with Gasteiger partial charge in [-0.05, 0) is 65.4 Å². The molecule has 1 fully saturated rings. The first-order valence-electron chi connectivity index (χ1n) is 9.78. The van der Waals surface area contributed by atoms with Crippen LogP contribution in [0.15, 0.2) is 76.2 Å². The molecule has 1 saturated heterocycles.